The van der Waals surface area contributed by atoms with E-state index in [9.17, 15) is 4.79 Å². The van der Waals surface area contributed by atoms with Crippen LogP contribution >= 0.6 is 23.6 Å². The third-order valence-electron chi connectivity index (χ3n) is 1.44. The summed E-state index contributed by atoms with van der Waals surface area (Å²) in [6, 6.07) is -0.866. The number of guanidine groups is 1. The first-order valence-electron chi connectivity index (χ1n) is 3.85. The van der Waals surface area contributed by atoms with Gasteiger partial charge >= 0.3 is 5.97 Å². The van der Waals surface area contributed by atoms with Gasteiger partial charge < -0.3 is 16.6 Å². The average Bonchev–Trinajstić information content (AvgIpc) is 2.11. The number of carboxylic acids is 1. The van der Waals surface area contributed by atoms with Crippen LogP contribution in [0.2, 0.25) is 0 Å². The normalized spacial score (nSPS) is 13.8. The Labute approximate surface area is 91.7 Å². The molecule has 6 nitrogen and oxygen atoms in total. The van der Waals surface area contributed by atoms with Crippen LogP contribution in [0.25, 0.3) is 0 Å². The van der Waals surface area contributed by atoms with E-state index in [4.69, 9.17) is 40.1 Å². The molecule has 0 fully saturated rings. The Hall–Kier alpha value is -0.720. The molecule has 82 valence electrons. The van der Waals surface area contributed by atoms with Crippen LogP contribution < -0.4 is 11.5 Å². The molecule has 1 unspecified atom stereocenters. The fraction of sp³-hybridized carbons (Fsp3) is 0.667. The van der Waals surface area contributed by atoms with Crippen molar-refractivity contribution < 1.29 is 9.90 Å². The molecule has 0 heterocycles. The summed E-state index contributed by atoms with van der Waals surface area (Å²) >= 11 is 10.5. The Morgan fingerprint density at radius 2 is 2.14 bits per heavy atom. The maximum absolute atomic E-state index is 10.3. The molecule has 1 atom stereocenters. The summed E-state index contributed by atoms with van der Waals surface area (Å²) in [6.07, 6.45) is 0.840. The van der Waals surface area contributed by atoms with Gasteiger partial charge in [-0.15, -0.1) is 0 Å². The first-order valence-corrected chi connectivity index (χ1v) is 4.52. The molecule has 0 aromatic heterocycles. The monoisotopic (exact) mass is 242 g/mol. The number of hydrogen-bond acceptors (Lipinski definition) is 3. The van der Waals surface area contributed by atoms with E-state index in [0.717, 1.165) is 0 Å². The van der Waals surface area contributed by atoms with E-state index in [-0.39, 0.29) is 5.96 Å². The van der Waals surface area contributed by atoms with Gasteiger partial charge in [-0.25, -0.2) is 0 Å². The Bertz CT molecular complexity index is 222. The number of aliphatic imine (C=N–C) groups is 1. The topological polar surface area (TPSA) is 105 Å². The highest BCUT2D eigenvalue weighted by atomic mass is 35.5. The molecular formula is C6H12Cl2N4O2. The van der Waals surface area contributed by atoms with Crippen LogP contribution in [0.5, 0.6) is 0 Å². The van der Waals surface area contributed by atoms with Crippen LogP contribution in [0.1, 0.15) is 12.8 Å². The zero-order valence-corrected chi connectivity index (χ0v) is 8.87. The van der Waals surface area contributed by atoms with Crippen LogP contribution in [0, 0.1) is 0 Å². The molecule has 8 heteroatoms. The predicted molar refractivity (Wildman–Crippen MR) is 54.9 cm³/mol. The van der Waals surface area contributed by atoms with E-state index in [1.165, 1.54) is 0 Å². The molecule has 0 radical (unpaired) electrons. The number of halogens is 2. The molecule has 0 aromatic carbocycles. The minimum atomic E-state index is -1.03. The van der Waals surface area contributed by atoms with Crippen LogP contribution in [0.15, 0.2) is 4.99 Å². The Morgan fingerprint density at radius 1 is 1.57 bits per heavy atom. The highest BCUT2D eigenvalue weighted by molar-refractivity contribution is 6.41. The third kappa shape index (κ3) is 5.85. The van der Waals surface area contributed by atoms with Crippen LogP contribution in [-0.2, 0) is 4.79 Å². The van der Waals surface area contributed by atoms with Gasteiger partial charge in [-0.2, -0.15) is 3.94 Å². The first kappa shape index (κ1) is 13.3. The van der Waals surface area contributed by atoms with E-state index >= 15 is 0 Å². The molecular weight excluding hydrogens is 231 g/mol. The molecule has 0 bridgehead atoms. The molecule has 0 rings (SSSR count). The van der Waals surface area contributed by atoms with Gasteiger partial charge in [0.25, 0.3) is 0 Å². The number of rotatable bonds is 5. The summed E-state index contributed by atoms with van der Waals surface area (Å²) in [5.74, 6) is -1.06. The summed E-state index contributed by atoms with van der Waals surface area (Å²) in [6.45, 7) is 0.336. The van der Waals surface area contributed by atoms with Gasteiger partial charge in [0, 0.05) is 30.1 Å². The van der Waals surface area contributed by atoms with E-state index in [1.54, 1.807) is 0 Å². The van der Waals surface area contributed by atoms with Gasteiger partial charge in [-0.3, -0.25) is 9.79 Å². The van der Waals surface area contributed by atoms with Crippen LogP contribution in [0.3, 0.4) is 0 Å². The minimum absolute atomic E-state index is 0.0303. The quantitative estimate of drug-likeness (QED) is 0.275. The largest absolute Gasteiger partial charge is 0.480 e. The van der Waals surface area contributed by atoms with Gasteiger partial charge in [0.15, 0.2) is 0 Å². The first-order chi connectivity index (χ1) is 6.45. The highest BCUT2D eigenvalue weighted by Gasteiger charge is 2.09. The van der Waals surface area contributed by atoms with Crippen molar-refractivity contribution in [2.75, 3.05) is 6.54 Å². The van der Waals surface area contributed by atoms with Crippen LogP contribution in [-0.4, -0.2) is 33.6 Å². The SMILES string of the molecule is NC(=NCCCC(N)C(=O)O)N(Cl)Cl. The summed E-state index contributed by atoms with van der Waals surface area (Å²) in [7, 11) is 0. The molecule has 0 amide bonds. The smallest absolute Gasteiger partial charge is 0.320 e. The van der Waals surface area contributed by atoms with Gasteiger partial charge in [0.05, 0.1) is 0 Å². The van der Waals surface area contributed by atoms with Crippen molar-refractivity contribution in [2.24, 2.45) is 16.5 Å². The van der Waals surface area contributed by atoms with Crippen molar-refractivity contribution in [1.82, 2.24) is 3.94 Å². The van der Waals surface area contributed by atoms with Gasteiger partial charge in [-0.05, 0) is 12.8 Å². The number of carbonyl (C=O) groups is 1. The van der Waals surface area contributed by atoms with Crippen molar-refractivity contribution >= 4 is 35.5 Å². The van der Waals surface area contributed by atoms with Crippen molar-refractivity contribution in [3.63, 3.8) is 0 Å². The number of nitrogens with zero attached hydrogens (tertiary/aromatic N) is 2. The maximum Gasteiger partial charge on any atom is 0.320 e. The molecule has 0 aromatic rings. The number of aliphatic carboxylic acids is 1. The minimum Gasteiger partial charge on any atom is -0.480 e. The second-order valence-electron chi connectivity index (χ2n) is 2.56. The molecule has 5 N–H and O–H groups in total. The lowest BCUT2D eigenvalue weighted by atomic mass is 10.2. The van der Waals surface area contributed by atoms with E-state index in [1.807, 2.05) is 0 Å². The standard InChI is InChI=1S/C6H12Cl2N4O2/c7-12(8)6(10)11-3-1-2-4(9)5(13)14/h4H,1-3,9H2,(H2,10,11)(H,13,14). The van der Waals surface area contributed by atoms with Crippen molar-refractivity contribution in [3.8, 4) is 0 Å². The Morgan fingerprint density at radius 3 is 2.57 bits per heavy atom. The summed E-state index contributed by atoms with van der Waals surface area (Å²) < 4.78 is 0.636. The van der Waals surface area contributed by atoms with Crippen LogP contribution in [0.4, 0.5) is 0 Å². The zero-order chi connectivity index (χ0) is 11.1. The van der Waals surface area contributed by atoms with Crippen molar-refractivity contribution in [1.29, 1.82) is 0 Å². The molecule has 14 heavy (non-hydrogen) atoms. The summed E-state index contributed by atoms with van der Waals surface area (Å²) in [5.41, 5.74) is 10.5. The summed E-state index contributed by atoms with van der Waals surface area (Å²) in [5, 5.41) is 8.44. The van der Waals surface area contributed by atoms with E-state index in [0.29, 0.717) is 23.3 Å². The fourth-order valence-electron chi connectivity index (χ4n) is 0.682. The predicted octanol–water partition coefficient (Wildman–Crippen LogP) is 0.103. The molecule has 0 aliphatic rings. The Balaban J connectivity index is 3.66. The van der Waals surface area contributed by atoms with E-state index < -0.39 is 12.0 Å². The highest BCUT2D eigenvalue weighted by Crippen LogP contribution is 1.99. The number of carboxylic acid groups (broad SMARTS) is 1. The van der Waals surface area contributed by atoms with Crippen molar-refractivity contribution in [3.05, 3.63) is 0 Å². The lowest BCUT2D eigenvalue weighted by Crippen LogP contribution is -2.30. The molecule has 0 aliphatic heterocycles. The lowest BCUT2D eigenvalue weighted by Gasteiger charge is -2.05. The summed E-state index contributed by atoms with van der Waals surface area (Å²) in [4.78, 5) is 14.1. The second kappa shape index (κ2) is 6.69. The van der Waals surface area contributed by atoms with Gasteiger partial charge in [0.2, 0.25) is 5.96 Å². The lowest BCUT2D eigenvalue weighted by molar-refractivity contribution is -0.138. The fourth-order valence-corrected chi connectivity index (χ4v) is 0.789. The second-order valence-corrected chi connectivity index (χ2v) is 3.41. The number of nitrogens with two attached hydrogens (primary N) is 2. The van der Waals surface area contributed by atoms with Gasteiger partial charge in [0.1, 0.15) is 6.04 Å². The zero-order valence-electron chi connectivity index (χ0n) is 7.36. The van der Waals surface area contributed by atoms with E-state index in [2.05, 4.69) is 4.99 Å². The number of hydrogen-bond donors (Lipinski definition) is 3. The molecule has 0 aliphatic carbocycles. The molecule has 0 saturated heterocycles. The molecule has 0 spiro atoms. The van der Waals surface area contributed by atoms with Gasteiger partial charge in [-0.1, -0.05) is 0 Å². The Kier molecular flexibility index (Phi) is 6.35. The average molecular weight is 243 g/mol. The maximum atomic E-state index is 10.3. The molecule has 0 saturated carbocycles. The van der Waals surface area contributed by atoms with Crippen molar-refractivity contribution in [2.45, 2.75) is 18.9 Å². The third-order valence-corrected chi connectivity index (χ3v) is 1.78.